The Morgan fingerprint density at radius 3 is 2.75 bits per heavy atom. The van der Waals surface area contributed by atoms with E-state index in [2.05, 4.69) is 5.32 Å². The summed E-state index contributed by atoms with van der Waals surface area (Å²) in [6, 6.07) is 13.3. The largest absolute Gasteiger partial charge is 0.467 e. The van der Waals surface area contributed by atoms with Crippen LogP contribution in [0.25, 0.3) is 6.08 Å². The number of furan rings is 1. The second-order valence-corrected chi connectivity index (χ2v) is 4.23. The van der Waals surface area contributed by atoms with E-state index >= 15 is 0 Å². The van der Waals surface area contributed by atoms with E-state index in [4.69, 9.17) is 9.15 Å². The van der Waals surface area contributed by atoms with E-state index in [1.165, 1.54) is 6.08 Å². The lowest BCUT2D eigenvalue weighted by molar-refractivity contribution is -0.117. The quantitative estimate of drug-likeness (QED) is 0.822. The molecule has 1 amide bonds. The fraction of sp³-hybridized carbons (Fsp3) is 0.188. The summed E-state index contributed by atoms with van der Waals surface area (Å²) in [7, 11) is 1.58. The highest BCUT2D eigenvalue weighted by molar-refractivity contribution is 5.91. The zero-order chi connectivity index (χ0) is 14.2. The summed E-state index contributed by atoms with van der Waals surface area (Å²) in [6.07, 6.45) is 4.58. The van der Waals surface area contributed by atoms with Gasteiger partial charge in [-0.05, 0) is 23.8 Å². The first-order chi connectivity index (χ1) is 9.79. The number of ether oxygens (including phenoxy) is 1. The Balaban J connectivity index is 1.84. The number of hydrogen-bond donors (Lipinski definition) is 1. The smallest absolute Gasteiger partial charge is 0.244 e. The van der Waals surface area contributed by atoms with Gasteiger partial charge in [0.05, 0.1) is 12.8 Å². The van der Waals surface area contributed by atoms with Gasteiger partial charge in [0.2, 0.25) is 5.91 Å². The molecule has 0 fully saturated rings. The SMILES string of the molecule is COC(CNC(=O)C=Cc1ccccc1)c1ccco1. The van der Waals surface area contributed by atoms with Crippen LogP contribution in [0.15, 0.2) is 59.2 Å². The third-order valence-electron chi connectivity index (χ3n) is 2.83. The average Bonchev–Trinajstić information content (AvgIpc) is 3.01. The second kappa shape index (κ2) is 7.31. The number of hydrogen-bond acceptors (Lipinski definition) is 3. The van der Waals surface area contributed by atoms with Gasteiger partial charge in [0.15, 0.2) is 0 Å². The standard InChI is InChI=1S/C16H17NO3/c1-19-15(14-8-5-11-20-14)12-17-16(18)10-9-13-6-3-2-4-7-13/h2-11,15H,12H2,1H3,(H,17,18). The van der Waals surface area contributed by atoms with Gasteiger partial charge in [-0.3, -0.25) is 4.79 Å². The molecule has 0 aliphatic carbocycles. The van der Waals surface area contributed by atoms with Crippen LogP contribution in [0.3, 0.4) is 0 Å². The number of rotatable bonds is 6. The van der Waals surface area contributed by atoms with Gasteiger partial charge in [-0.15, -0.1) is 0 Å². The molecule has 0 radical (unpaired) electrons. The van der Waals surface area contributed by atoms with Gasteiger partial charge in [0, 0.05) is 13.2 Å². The van der Waals surface area contributed by atoms with E-state index in [1.54, 1.807) is 25.5 Å². The summed E-state index contributed by atoms with van der Waals surface area (Å²) in [6.45, 7) is 0.363. The zero-order valence-corrected chi connectivity index (χ0v) is 11.3. The molecular formula is C16H17NO3. The summed E-state index contributed by atoms with van der Waals surface area (Å²) in [5, 5.41) is 2.78. The molecule has 1 aromatic carbocycles. The predicted molar refractivity (Wildman–Crippen MR) is 76.9 cm³/mol. The Labute approximate surface area is 118 Å². The van der Waals surface area contributed by atoms with Gasteiger partial charge in [-0.1, -0.05) is 30.3 Å². The first kappa shape index (κ1) is 14.1. The normalized spacial score (nSPS) is 12.4. The van der Waals surface area contributed by atoms with Crippen LogP contribution in [-0.2, 0) is 9.53 Å². The maximum absolute atomic E-state index is 11.7. The van der Waals surface area contributed by atoms with E-state index in [-0.39, 0.29) is 12.0 Å². The Morgan fingerprint density at radius 1 is 1.30 bits per heavy atom. The number of methoxy groups -OCH3 is 1. The first-order valence-corrected chi connectivity index (χ1v) is 6.37. The van der Waals surface area contributed by atoms with Crippen LogP contribution in [0.4, 0.5) is 0 Å². The molecule has 104 valence electrons. The van der Waals surface area contributed by atoms with Crippen LogP contribution in [0, 0.1) is 0 Å². The molecular weight excluding hydrogens is 254 g/mol. The van der Waals surface area contributed by atoms with E-state index in [0.717, 1.165) is 5.56 Å². The highest BCUT2D eigenvalue weighted by Crippen LogP contribution is 2.15. The summed E-state index contributed by atoms with van der Waals surface area (Å²) >= 11 is 0. The minimum atomic E-state index is -0.279. The van der Waals surface area contributed by atoms with Crippen molar-refractivity contribution in [2.45, 2.75) is 6.10 Å². The number of amides is 1. The second-order valence-electron chi connectivity index (χ2n) is 4.23. The molecule has 4 nitrogen and oxygen atoms in total. The molecule has 0 spiro atoms. The van der Waals surface area contributed by atoms with Crippen LogP contribution in [0.2, 0.25) is 0 Å². The molecule has 0 bridgehead atoms. The average molecular weight is 271 g/mol. The zero-order valence-electron chi connectivity index (χ0n) is 11.3. The monoisotopic (exact) mass is 271 g/mol. The molecule has 2 rings (SSSR count). The number of carbonyl (C=O) groups excluding carboxylic acids is 1. The van der Waals surface area contributed by atoms with Crippen molar-refractivity contribution in [1.29, 1.82) is 0 Å². The third-order valence-corrected chi connectivity index (χ3v) is 2.83. The van der Waals surface area contributed by atoms with Crippen LogP contribution in [0.1, 0.15) is 17.4 Å². The summed E-state index contributed by atoms with van der Waals surface area (Å²) in [5.74, 6) is 0.530. The molecule has 1 heterocycles. The van der Waals surface area contributed by atoms with Gasteiger partial charge in [-0.25, -0.2) is 0 Å². The lowest BCUT2D eigenvalue weighted by Gasteiger charge is -2.12. The fourth-order valence-corrected chi connectivity index (χ4v) is 1.76. The van der Waals surface area contributed by atoms with Crippen molar-refractivity contribution in [1.82, 2.24) is 5.32 Å². The molecule has 2 aromatic rings. The van der Waals surface area contributed by atoms with Gasteiger partial charge in [0.1, 0.15) is 11.9 Å². The van der Waals surface area contributed by atoms with Crippen molar-refractivity contribution < 1.29 is 13.9 Å². The topological polar surface area (TPSA) is 51.5 Å². The molecule has 1 aromatic heterocycles. The Hall–Kier alpha value is -2.33. The first-order valence-electron chi connectivity index (χ1n) is 6.37. The highest BCUT2D eigenvalue weighted by atomic mass is 16.5. The van der Waals surface area contributed by atoms with Gasteiger partial charge in [0.25, 0.3) is 0 Å². The Morgan fingerprint density at radius 2 is 2.10 bits per heavy atom. The fourth-order valence-electron chi connectivity index (χ4n) is 1.76. The molecule has 4 heteroatoms. The molecule has 0 saturated carbocycles. The van der Waals surface area contributed by atoms with Crippen LogP contribution in [-0.4, -0.2) is 19.6 Å². The van der Waals surface area contributed by atoms with Gasteiger partial charge in [-0.2, -0.15) is 0 Å². The summed E-state index contributed by atoms with van der Waals surface area (Å²) < 4.78 is 10.5. The van der Waals surface area contributed by atoms with Crippen molar-refractivity contribution >= 4 is 12.0 Å². The van der Waals surface area contributed by atoms with E-state index in [1.807, 2.05) is 36.4 Å². The molecule has 1 atom stereocenters. The van der Waals surface area contributed by atoms with Crippen LogP contribution in [0.5, 0.6) is 0 Å². The minimum absolute atomic E-state index is 0.164. The lowest BCUT2D eigenvalue weighted by atomic mass is 10.2. The van der Waals surface area contributed by atoms with Crippen LogP contribution >= 0.6 is 0 Å². The minimum Gasteiger partial charge on any atom is -0.467 e. The van der Waals surface area contributed by atoms with Gasteiger partial charge >= 0.3 is 0 Å². The van der Waals surface area contributed by atoms with Crippen LogP contribution < -0.4 is 5.32 Å². The molecule has 0 aliphatic heterocycles. The van der Waals surface area contributed by atoms with Crippen molar-refractivity contribution in [2.75, 3.05) is 13.7 Å². The summed E-state index contributed by atoms with van der Waals surface area (Å²) in [5.41, 5.74) is 0.983. The van der Waals surface area contributed by atoms with Crippen molar-refractivity contribution in [2.24, 2.45) is 0 Å². The molecule has 20 heavy (non-hydrogen) atoms. The Bertz CT molecular complexity index is 546. The number of nitrogens with one attached hydrogen (secondary N) is 1. The maximum atomic E-state index is 11.7. The predicted octanol–water partition coefficient (Wildman–Crippen LogP) is 2.80. The Kier molecular flexibility index (Phi) is 5.15. The molecule has 0 saturated heterocycles. The van der Waals surface area contributed by atoms with Crippen molar-refractivity contribution in [3.8, 4) is 0 Å². The third kappa shape index (κ3) is 4.10. The van der Waals surface area contributed by atoms with E-state index < -0.39 is 0 Å². The number of benzene rings is 1. The van der Waals surface area contributed by atoms with E-state index in [9.17, 15) is 4.79 Å². The van der Waals surface area contributed by atoms with Crippen molar-refractivity contribution in [3.05, 3.63) is 66.1 Å². The van der Waals surface area contributed by atoms with E-state index in [0.29, 0.717) is 12.3 Å². The molecule has 1 unspecified atom stereocenters. The van der Waals surface area contributed by atoms with Gasteiger partial charge < -0.3 is 14.5 Å². The maximum Gasteiger partial charge on any atom is 0.244 e. The highest BCUT2D eigenvalue weighted by Gasteiger charge is 2.13. The summed E-state index contributed by atoms with van der Waals surface area (Å²) in [4.78, 5) is 11.7. The number of carbonyl (C=O) groups is 1. The molecule has 1 N–H and O–H groups in total. The van der Waals surface area contributed by atoms with Crippen molar-refractivity contribution in [3.63, 3.8) is 0 Å². The lowest BCUT2D eigenvalue weighted by Crippen LogP contribution is -2.27. The molecule has 0 aliphatic rings.